The third kappa shape index (κ3) is 3.22. The lowest BCUT2D eigenvalue weighted by atomic mass is 9.65. The lowest BCUT2D eigenvalue weighted by Crippen LogP contribution is -2.68. The average molecular weight is 340 g/mol. The highest BCUT2D eigenvalue weighted by molar-refractivity contribution is 5.98. The number of allylic oxidation sites excluding steroid dienone is 2. The molecule has 1 fully saturated rings. The van der Waals surface area contributed by atoms with Crippen molar-refractivity contribution >= 4 is 17.5 Å². The highest BCUT2D eigenvalue weighted by atomic mass is 16.2. The first-order valence-electron chi connectivity index (χ1n) is 9.21. The van der Waals surface area contributed by atoms with E-state index in [1.807, 2.05) is 30.9 Å². The van der Waals surface area contributed by atoms with Gasteiger partial charge in [0.1, 0.15) is 0 Å². The van der Waals surface area contributed by atoms with E-state index in [0.29, 0.717) is 11.5 Å². The van der Waals surface area contributed by atoms with Crippen molar-refractivity contribution in [2.75, 3.05) is 11.9 Å². The molecule has 1 atom stereocenters. The minimum atomic E-state index is -0.0424. The van der Waals surface area contributed by atoms with Crippen molar-refractivity contribution in [3.05, 3.63) is 42.0 Å². The highest BCUT2D eigenvalue weighted by Gasteiger charge is 2.55. The van der Waals surface area contributed by atoms with Gasteiger partial charge in [0.15, 0.2) is 5.78 Å². The molecule has 1 heterocycles. The van der Waals surface area contributed by atoms with Gasteiger partial charge >= 0.3 is 6.03 Å². The molecule has 4 nitrogen and oxygen atoms in total. The van der Waals surface area contributed by atoms with E-state index in [-0.39, 0.29) is 29.2 Å². The molecule has 2 aliphatic rings. The Morgan fingerprint density at radius 2 is 1.68 bits per heavy atom. The Morgan fingerprint density at radius 1 is 1.08 bits per heavy atom. The molecule has 3 rings (SSSR count). The van der Waals surface area contributed by atoms with Crippen molar-refractivity contribution in [1.82, 2.24) is 4.90 Å². The number of amides is 2. The summed E-state index contributed by atoms with van der Waals surface area (Å²) in [5.41, 5.74) is 1.67. The number of hydrogen-bond donors (Lipinski definition) is 1. The first kappa shape index (κ1) is 17.7. The van der Waals surface area contributed by atoms with Crippen LogP contribution in [-0.2, 0) is 0 Å². The Balaban J connectivity index is 1.65. The van der Waals surface area contributed by atoms with Crippen molar-refractivity contribution in [2.45, 2.75) is 46.6 Å². The van der Waals surface area contributed by atoms with Gasteiger partial charge in [-0.1, -0.05) is 39.8 Å². The second-order valence-electron chi connectivity index (χ2n) is 8.09. The molecule has 0 bridgehead atoms. The predicted octanol–water partition coefficient (Wildman–Crippen LogP) is 4.73. The van der Waals surface area contributed by atoms with Gasteiger partial charge in [-0.2, -0.15) is 0 Å². The Bertz CT molecular complexity index is 680. The summed E-state index contributed by atoms with van der Waals surface area (Å²) in [4.78, 5) is 26.7. The van der Waals surface area contributed by atoms with Crippen LogP contribution in [0, 0.1) is 17.3 Å². The largest absolute Gasteiger partial charge is 0.322 e. The van der Waals surface area contributed by atoms with Crippen LogP contribution in [-0.4, -0.2) is 29.3 Å². The fourth-order valence-corrected chi connectivity index (χ4v) is 4.35. The molecule has 1 saturated heterocycles. The second kappa shape index (κ2) is 6.66. The molecular weight excluding hydrogens is 312 g/mol. The molecule has 0 saturated carbocycles. The van der Waals surface area contributed by atoms with Gasteiger partial charge in [-0.25, -0.2) is 4.79 Å². The molecule has 25 heavy (non-hydrogen) atoms. The van der Waals surface area contributed by atoms with Crippen LogP contribution in [0.2, 0.25) is 0 Å². The van der Waals surface area contributed by atoms with Crippen LogP contribution in [0.3, 0.4) is 0 Å². The SMILES string of the molecule is CC(C)C(=O)c1ccc(NC(=O)N2CC3(CC=CC3)C2C(C)C)cc1. The van der Waals surface area contributed by atoms with Gasteiger partial charge < -0.3 is 10.2 Å². The number of anilines is 1. The number of nitrogens with one attached hydrogen (secondary N) is 1. The number of likely N-dealkylation sites (tertiary alicyclic amines) is 1. The van der Waals surface area contributed by atoms with E-state index in [1.54, 1.807) is 12.1 Å². The minimum Gasteiger partial charge on any atom is -0.320 e. The summed E-state index contributed by atoms with van der Waals surface area (Å²) in [6.07, 6.45) is 6.64. The molecule has 0 aromatic heterocycles. The molecule has 1 aromatic rings. The average Bonchev–Trinajstić information content (AvgIpc) is 3.03. The van der Waals surface area contributed by atoms with Crippen molar-refractivity contribution < 1.29 is 9.59 Å². The Labute approximate surface area is 150 Å². The molecule has 1 aromatic carbocycles. The van der Waals surface area contributed by atoms with E-state index < -0.39 is 0 Å². The molecule has 1 unspecified atom stereocenters. The van der Waals surface area contributed by atoms with Gasteiger partial charge in [-0.3, -0.25) is 4.79 Å². The zero-order valence-electron chi connectivity index (χ0n) is 15.6. The molecule has 4 heteroatoms. The number of urea groups is 1. The number of hydrogen-bond acceptors (Lipinski definition) is 2. The van der Waals surface area contributed by atoms with Crippen LogP contribution >= 0.6 is 0 Å². The summed E-state index contributed by atoms with van der Waals surface area (Å²) in [5, 5.41) is 2.99. The van der Waals surface area contributed by atoms with Gasteiger partial charge in [0.05, 0.1) is 0 Å². The molecule has 134 valence electrons. The van der Waals surface area contributed by atoms with E-state index in [4.69, 9.17) is 0 Å². The Kier molecular flexibility index (Phi) is 4.72. The third-order valence-electron chi connectivity index (χ3n) is 5.50. The van der Waals surface area contributed by atoms with Crippen LogP contribution in [0.4, 0.5) is 10.5 Å². The number of Topliss-reactive ketones (excluding diaryl/α,β-unsaturated/α-hetero) is 1. The fraction of sp³-hybridized carbons (Fsp3) is 0.524. The molecule has 0 radical (unpaired) electrons. The van der Waals surface area contributed by atoms with Gasteiger partial charge in [0.25, 0.3) is 0 Å². The molecule has 1 N–H and O–H groups in total. The summed E-state index contributed by atoms with van der Waals surface area (Å²) in [6.45, 7) is 8.98. The number of ketones is 1. The minimum absolute atomic E-state index is 0.0236. The zero-order chi connectivity index (χ0) is 18.2. The second-order valence-corrected chi connectivity index (χ2v) is 8.09. The molecule has 2 amide bonds. The monoisotopic (exact) mass is 340 g/mol. The first-order chi connectivity index (χ1) is 11.8. The van der Waals surface area contributed by atoms with Crippen molar-refractivity contribution in [3.8, 4) is 0 Å². The van der Waals surface area contributed by atoms with Crippen molar-refractivity contribution in [2.24, 2.45) is 17.3 Å². The van der Waals surface area contributed by atoms with Gasteiger partial charge in [-0.15, -0.1) is 0 Å². The van der Waals surface area contributed by atoms with Crippen LogP contribution in [0.5, 0.6) is 0 Å². The summed E-state index contributed by atoms with van der Waals surface area (Å²) in [5.74, 6) is 0.533. The number of carbonyl (C=O) groups is 2. The van der Waals surface area contributed by atoms with Crippen LogP contribution in [0.1, 0.15) is 50.9 Å². The Hall–Kier alpha value is -2.10. The normalized spacial score (nSPS) is 21.0. The van der Waals surface area contributed by atoms with Crippen LogP contribution < -0.4 is 5.32 Å². The standard InChI is InChI=1S/C21H28N2O2/c1-14(2)18(24)16-7-9-17(10-8-16)22-20(25)23-13-21(11-5-6-12-21)19(23)15(3)4/h5-10,14-15,19H,11-13H2,1-4H3,(H,22,25). The van der Waals surface area contributed by atoms with E-state index in [0.717, 1.165) is 25.1 Å². The predicted molar refractivity (Wildman–Crippen MR) is 101 cm³/mol. The third-order valence-corrected chi connectivity index (χ3v) is 5.50. The summed E-state index contributed by atoms with van der Waals surface area (Å²) in [7, 11) is 0. The van der Waals surface area contributed by atoms with E-state index in [9.17, 15) is 9.59 Å². The van der Waals surface area contributed by atoms with E-state index >= 15 is 0 Å². The fourth-order valence-electron chi connectivity index (χ4n) is 4.35. The number of benzene rings is 1. The maximum absolute atomic E-state index is 12.7. The first-order valence-corrected chi connectivity index (χ1v) is 9.21. The quantitative estimate of drug-likeness (QED) is 0.636. The number of nitrogens with zero attached hydrogens (tertiary/aromatic N) is 1. The summed E-state index contributed by atoms with van der Waals surface area (Å²) < 4.78 is 0. The molecular formula is C21H28N2O2. The highest BCUT2D eigenvalue weighted by Crippen LogP contribution is 2.50. The Morgan fingerprint density at radius 3 is 2.20 bits per heavy atom. The van der Waals surface area contributed by atoms with Crippen molar-refractivity contribution in [3.63, 3.8) is 0 Å². The summed E-state index contributed by atoms with van der Waals surface area (Å²) >= 11 is 0. The molecule has 1 aliphatic heterocycles. The smallest absolute Gasteiger partial charge is 0.320 e. The van der Waals surface area contributed by atoms with Gasteiger partial charge in [-0.05, 0) is 43.0 Å². The lowest BCUT2D eigenvalue weighted by Gasteiger charge is -2.58. The number of rotatable bonds is 4. The maximum Gasteiger partial charge on any atom is 0.322 e. The molecule has 1 spiro atoms. The van der Waals surface area contributed by atoms with Crippen LogP contribution in [0.25, 0.3) is 0 Å². The lowest BCUT2D eigenvalue weighted by molar-refractivity contribution is -0.0538. The van der Waals surface area contributed by atoms with E-state index in [2.05, 4.69) is 31.3 Å². The summed E-state index contributed by atoms with van der Waals surface area (Å²) in [6, 6.07) is 7.44. The molecule has 1 aliphatic carbocycles. The number of carbonyl (C=O) groups excluding carboxylic acids is 2. The van der Waals surface area contributed by atoms with Crippen molar-refractivity contribution in [1.29, 1.82) is 0 Å². The van der Waals surface area contributed by atoms with Gasteiger partial charge in [0.2, 0.25) is 0 Å². The maximum atomic E-state index is 12.7. The van der Waals surface area contributed by atoms with E-state index in [1.165, 1.54) is 0 Å². The topological polar surface area (TPSA) is 49.4 Å². The van der Waals surface area contributed by atoms with Gasteiger partial charge in [0, 0.05) is 35.2 Å². The zero-order valence-corrected chi connectivity index (χ0v) is 15.6. The van der Waals surface area contributed by atoms with Crippen LogP contribution in [0.15, 0.2) is 36.4 Å².